The Hall–Kier alpha value is -2.49. The van der Waals surface area contributed by atoms with Gasteiger partial charge in [-0.2, -0.15) is 5.10 Å². The summed E-state index contributed by atoms with van der Waals surface area (Å²) in [5.41, 5.74) is 3.11. The van der Waals surface area contributed by atoms with E-state index in [0.29, 0.717) is 0 Å². The Kier molecular flexibility index (Phi) is 3.81. The SMILES string of the molecule is O=C(NN=Cc1ccccc1)c1ccccc1F. The van der Waals surface area contributed by atoms with E-state index in [2.05, 4.69) is 10.5 Å². The van der Waals surface area contributed by atoms with Gasteiger partial charge in [0.25, 0.3) is 5.91 Å². The molecule has 0 saturated heterocycles. The molecule has 0 aliphatic heterocycles. The third-order valence-electron chi connectivity index (χ3n) is 2.30. The molecule has 0 atom stereocenters. The van der Waals surface area contributed by atoms with Gasteiger partial charge in [-0.25, -0.2) is 9.82 Å². The molecule has 4 heteroatoms. The summed E-state index contributed by atoms with van der Waals surface area (Å²) in [5.74, 6) is -1.13. The van der Waals surface area contributed by atoms with Gasteiger partial charge in [0.05, 0.1) is 11.8 Å². The molecule has 0 unspecified atom stereocenters. The summed E-state index contributed by atoms with van der Waals surface area (Å²) in [4.78, 5) is 11.6. The van der Waals surface area contributed by atoms with Crippen molar-refractivity contribution in [1.29, 1.82) is 0 Å². The van der Waals surface area contributed by atoms with E-state index in [1.807, 2.05) is 30.3 Å². The van der Waals surface area contributed by atoms with Crippen molar-refractivity contribution in [3.63, 3.8) is 0 Å². The molecule has 0 spiro atoms. The van der Waals surface area contributed by atoms with Gasteiger partial charge in [-0.1, -0.05) is 42.5 Å². The van der Waals surface area contributed by atoms with Crippen molar-refractivity contribution in [2.75, 3.05) is 0 Å². The average molecular weight is 242 g/mol. The maximum Gasteiger partial charge on any atom is 0.274 e. The van der Waals surface area contributed by atoms with Crippen LogP contribution in [-0.4, -0.2) is 12.1 Å². The molecule has 0 fully saturated rings. The van der Waals surface area contributed by atoms with Crippen molar-refractivity contribution in [3.8, 4) is 0 Å². The molecule has 0 radical (unpaired) electrons. The summed E-state index contributed by atoms with van der Waals surface area (Å²) in [6.07, 6.45) is 1.50. The molecule has 0 aliphatic carbocycles. The van der Waals surface area contributed by atoms with Crippen LogP contribution in [0.25, 0.3) is 0 Å². The molecule has 0 aliphatic rings. The van der Waals surface area contributed by atoms with E-state index in [-0.39, 0.29) is 5.56 Å². The Labute approximate surface area is 104 Å². The van der Waals surface area contributed by atoms with Crippen molar-refractivity contribution < 1.29 is 9.18 Å². The van der Waals surface area contributed by atoms with Gasteiger partial charge in [-0.15, -0.1) is 0 Å². The number of hydrogen-bond acceptors (Lipinski definition) is 2. The second kappa shape index (κ2) is 5.72. The number of amides is 1. The van der Waals surface area contributed by atoms with Crippen molar-refractivity contribution in [2.24, 2.45) is 5.10 Å². The quantitative estimate of drug-likeness (QED) is 0.652. The first-order chi connectivity index (χ1) is 8.77. The Morgan fingerprint density at radius 3 is 2.44 bits per heavy atom. The first-order valence-electron chi connectivity index (χ1n) is 5.40. The zero-order chi connectivity index (χ0) is 12.8. The molecule has 2 aromatic carbocycles. The largest absolute Gasteiger partial charge is 0.274 e. The molecule has 2 rings (SSSR count). The number of nitrogens with zero attached hydrogens (tertiary/aromatic N) is 1. The highest BCUT2D eigenvalue weighted by Gasteiger charge is 2.08. The average Bonchev–Trinajstić information content (AvgIpc) is 2.40. The molecule has 0 bridgehead atoms. The molecule has 0 heterocycles. The lowest BCUT2D eigenvalue weighted by Gasteiger charge is -2.00. The van der Waals surface area contributed by atoms with Gasteiger partial charge < -0.3 is 0 Å². The van der Waals surface area contributed by atoms with E-state index in [9.17, 15) is 9.18 Å². The smallest absolute Gasteiger partial charge is 0.267 e. The van der Waals surface area contributed by atoms with Gasteiger partial charge in [0.15, 0.2) is 0 Å². The van der Waals surface area contributed by atoms with E-state index in [1.54, 1.807) is 6.07 Å². The highest BCUT2D eigenvalue weighted by molar-refractivity contribution is 5.95. The normalized spacial score (nSPS) is 10.5. The summed E-state index contributed by atoms with van der Waals surface area (Å²) in [6, 6.07) is 15.1. The second-order valence-electron chi connectivity index (χ2n) is 3.59. The number of carbonyl (C=O) groups excluding carboxylic acids is 1. The molecule has 3 nitrogen and oxygen atoms in total. The van der Waals surface area contributed by atoms with Gasteiger partial charge in [0, 0.05) is 0 Å². The zero-order valence-electron chi connectivity index (χ0n) is 9.51. The van der Waals surface area contributed by atoms with E-state index in [0.717, 1.165) is 5.56 Å². The van der Waals surface area contributed by atoms with Gasteiger partial charge >= 0.3 is 0 Å². The molecule has 0 saturated carbocycles. The fraction of sp³-hybridized carbons (Fsp3) is 0. The summed E-state index contributed by atoms with van der Waals surface area (Å²) in [5, 5.41) is 3.77. The monoisotopic (exact) mass is 242 g/mol. The molecule has 0 aromatic heterocycles. The number of benzene rings is 2. The maximum absolute atomic E-state index is 13.3. The van der Waals surface area contributed by atoms with Gasteiger partial charge in [-0.3, -0.25) is 4.79 Å². The highest BCUT2D eigenvalue weighted by Crippen LogP contribution is 2.05. The number of hydrazone groups is 1. The molecule has 1 N–H and O–H groups in total. The standard InChI is InChI=1S/C14H11FN2O/c15-13-9-5-4-8-12(13)14(18)17-16-10-11-6-2-1-3-7-11/h1-10H,(H,17,18). The van der Waals surface area contributed by atoms with E-state index < -0.39 is 11.7 Å². The van der Waals surface area contributed by atoms with E-state index >= 15 is 0 Å². The van der Waals surface area contributed by atoms with Crippen molar-refractivity contribution in [3.05, 3.63) is 71.5 Å². The third-order valence-corrected chi connectivity index (χ3v) is 2.30. The van der Waals surface area contributed by atoms with Crippen LogP contribution >= 0.6 is 0 Å². The summed E-state index contributed by atoms with van der Waals surface area (Å²) >= 11 is 0. The summed E-state index contributed by atoms with van der Waals surface area (Å²) in [7, 11) is 0. The van der Waals surface area contributed by atoms with Crippen molar-refractivity contribution in [1.82, 2.24) is 5.43 Å². The lowest BCUT2D eigenvalue weighted by atomic mass is 10.2. The molecular weight excluding hydrogens is 231 g/mol. The van der Waals surface area contributed by atoms with Crippen LogP contribution < -0.4 is 5.43 Å². The van der Waals surface area contributed by atoms with Crippen molar-refractivity contribution >= 4 is 12.1 Å². The first kappa shape index (κ1) is 12.0. The number of carbonyl (C=O) groups is 1. The lowest BCUT2D eigenvalue weighted by molar-refractivity contribution is 0.0951. The van der Waals surface area contributed by atoms with Crippen LogP contribution in [0.4, 0.5) is 4.39 Å². The molecule has 1 amide bonds. The Morgan fingerprint density at radius 2 is 1.72 bits per heavy atom. The predicted octanol–water partition coefficient (Wildman–Crippen LogP) is 2.59. The molecule has 2 aromatic rings. The molecular formula is C14H11FN2O. The fourth-order valence-electron chi connectivity index (χ4n) is 1.41. The number of hydrogen-bond donors (Lipinski definition) is 1. The van der Waals surface area contributed by atoms with Crippen LogP contribution in [0, 0.1) is 5.82 Å². The zero-order valence-corrected chi connectivity index (χ0v) is 9.51. The number of halogens is 1. The molecule has 18 heavy (non-hydrogen) atoms. The van der Waals surface area contributed by atoms with Gasteiger partial charge in [0.1, 0.15) is 5.82 Å². The minimum atomic E-state index is -0.569. The summed E-state index contributed by atoms with van der Waals surface area (Å²) < 4.78 is 13.3. The Bertz CT molecular complexity index is 567. The van der Waals surface area contributed by atoms with Crippen LogP contribution in [0.15, 0.2) is 59.7 Å². The topological polar surface area (TPSA) is 41.5 Å². The number of nitrogens with one attached hydrogen (secondary N) is 1. The van der Waals surface area contributed by atoms with E-state index in [1.165, 1.54) is 24.4 Å². The van der Waals surface area contributed by atoms with Crippen LogP contribution in [0.2, 0.25) is 0 Å². The van der Waals surface area contributed by atoms with Gasteiger partial charge in [-0.05, 0) is 17.7 Å². The maximum atomic E-state index is 13.3. The van der Waals surface area contributed by atoms with Crippen LogP contribution in [0.5, 0.6) is 0 Å². The van der Waals surface area contributed by atoms with Crippen LogP contribution in [-0.2, 0) is 0 Å². The van der Waals surface area contributed by atoms with Crippen LogP contribution in [0.3, 0.4) is 0 Å². The molecule has 90 valence electrons. The second-order valence-corrected chi connectivity index (χ2v) is 3.59. The van der Waals surface area contributed by atoms with Crippen LogP contribution in [0.1, 0.15) is 15.9 Å². The highest BCUT2D eigenvalue weighted by atomic mass is 19.1. The lowest BCUT2D eigenvalue weighted by Crippen LogP contribution is -2.18. The van der Waals surface area contributed by atoms with Gasteiger partial charge in [0.2, 0.25) is 0 Å². The van der Waals surface area contributed by atoms with E-state index in [4.69, 9.17) is 0 Å². The first-order valence-corrected chi connectivity index (χ1v) is 5.40. The third kappa shape index (κ3) is 3.01. The van der Waals surface area contributed by atoms with Crippen molar-refractivity contribution in [2.45, 2.75) is 0 Å². The Balaban J connectivity index is 2.01. The minimum absolute atomic E-state index is 0.0253. The minimum Gasteiger partial charge on any atom is -0.267 e. The predicted molar refractivity (Wildman–Crippen MR) is 67.9 cm³/mol. The fourth-order valence-corrected chi connectivity index (χ4v) is 1.41. The summed E-state index contributed by atoms with van der Waals surface area (Å²) in [6.45, 7) is 0. The number of rotatable bonds is 3. The Morgan fingerprint density at radius 1 is 1.06 bits per heavy atom.